The fraction of sp³-hybridized carbons (Fsp3) is 0. The van der Waals surface area contributed by atoms with Gasteiger partial charge in [-0.25, -0.2) is 0 Å². The molecule has 43 heavy (non-hydrogen) atoms. The lowest BCUT2D eigenvalue weighted by Crippen LogP contribution is -1.91. The molecule has 0 bridgehead atoms. The Labute approximate surface area is 259 Å². The van der Waals surface area contributed by atoms with Gasteiger partial charge in [0, 0.05) is 16.3 Å². The second-order valence-electron chi connectivity index (χ2n) is 10.7. The van der Waals surface area contributed by atoms with Crippen LogP contribution in [0.1, 0.15) is 9.60 Å². The number of hydrogen-bond donors (Lipinski definition) is 0. The van der Waals surface area contributed by atoms with Crippen molar-refractivity contribution in [2.45, 2.75) is 0 Å². The lowest BCUT2D eigenvalue weighted by atomic mass is 9.85. The van der Waals surface area contributed by atoms with E-state index >= 15 is 0 Å². The minimum absolute atomic E-state index is 0.0589. The average molecular weight is 554 g/mol. The zero-order valence-corrected chi connectivity index (χ0v) is 22.9. The lowest BCUT2D eigenvalue weighted by molar-refractivity contribution is 0.670. The van der Waals surface area contributed by atoms with Crippen LogP contribution >= 0.6 is 0 Å². The number of hydrogen-bond acceptors (Lipinski definition) is 1. The molecule has 1 heteroatoms. The third-order valence-corrected chi connectivity index (χ3v) is 8.30. The van der Waals surface area contributed by atoms with Gasteiger partial charge in [0.05, 0.1) is 9.60 Å². The lowest BCUT2D eigenvalue weighted by Gasteiger charge is -2.18. The fourth-order valence-corrected chi connectivity index (χ4v) is 6.41. The highest BCUT2D eigenvalue weighted by atomic mass is 16.3. The molecule has 0 N–H and O–H groups in total. The van der Waals surface area contributed by atoms with Gasteiger partial charge in [-0.05, 0) is 78.3 Å². The first-order valence-electron chi connectivity index (χ1n) is 17.7. The van der Waals surface area contributed by atoms with Crippen LogP contribution in [0.4, 0.5) is 0 Å². The van der Waals surface area contributed by atoms with Crippen molar-refractivity contribution >= 4 is 54.3 Å². The van der Waals surface area contributed by atoms with E-state index in [1.165, 1.54) is 0 Å². The van der Waals surface area contributed by atoms with Crippen LogP contribution in [0.2, 0.25) is 0 Å². The van der Waals surface area contributed by atoms with Crippen LogP contribution in [0.25, 0.3) is 87.6 Å². The Hall–Kier alpha value is -5.66. The Morgan fingerprint density at radius 1 is 0.442 bits per heavy atom. The molecule has 0 saturated carbocycles. The van der Waals surface area contributed by atoms with E-state index in [0.29, 0.717) is 5.56 Å². The monoisotopic (exact) mass is 553 g/mol. The van der Waals surface area contributed by atoms with Crippen LogP contribution < -0.4 is 0 Å². The normalized spacial score (nSPS) is 14.0. The van der Waals surface area contributed by atoms with E-state index in [9.17, 15) is 2.74 Å². The van der Waals surface area contributed by atoms with Gasteiger partial charge in [0.2, 0.25) is 0 Å². The second kappa shape index (κ2) is 9.44. The van der Waals surface area contributed by atoms with Crippen molar-refractivity contribution in [3.63, 3.8) is 0 Å². The van der Waals surface area contributed by atoms with Crippen LogP contribution in [-0.2, 0) is 0 Å². The van der Waals surface area contributed by atoms with Crippen LogP contribution in [0.5, 0.6) is 0 Å². The van der Waals surface area contributed by atoms with E-state index in [1.807, 2.05) is 78.9 Å². The molecule has 9 rings (SSSR count). The summed E-state index contributed by atoms with van der Waals surface area (Å²) in [4.78, 5) is 0. The van der Waals surface area contributed by atoms with Crippen molar-refractivity contribution < 1.29 is 14.0 Å². The molecule has 0 amide bonds. The Balaban J connectivity index is 1.37. The van der Waals surface area contributed by atoms with Gasteiger partial charge in [-0.3, -0.25) is 0 Å². The van der Waals surface area contributed by atoms with Gasteiger partial charge >= 0.3 is 0 Å². The van der Waals surface area contributed by atoms with Crippen LogP contribution in [0.3, 0.4) is 0 Å². The molecule has 0 spiro atoms. The standard InChI is InChI=1S/C42H26O/c1-2-12-28(13-3-1)32-19-10-20-37-38-26-31(23-24-39(38)43-42(32)37)41-35-17-8-6-15-33(35)40(34-16-7-9-18-36(34)41)30-22-21-27-11-4-5-14-29(27)25-30/h1-26H/i4D,5D,11D,14D,21D,22D,25D. The zero-order chi connectivity index (χ0) is 34.4. The summed E-state index contributed by atoms with van der Waals surface area (Å²) in [6.07, 6.45) is 0. The Morgan fingerprint density at radius 2 is 1.07 bits per heavy atom. The second-order valence-corrected chi connectivity index (χ2v) is 10.7. The van der Waals surface area contributed by atoms with Gasteiger partial charge in [-0.15, -0.1) is 0 Å². The molecule has 8 aromatic carbocycles. The molecule has 1 aromatic heterocycles. The highest BCUT2D eigenvalue weighted by Gasteiger charge is 2.18. The van der Waals surface area contributed by atoms with Crippen LogP contribution in [0.15, 0.2) is 162 Å². The molecule has 1 heterocycles. The first-order valence-corrected chi connectivity index (χ1v) is 14.2. The molecule has 1 nitrogen and oxygen atoms in total. The predicted molar refractivity (Wildman–Crippen MR) is 183 cm³/mol. The van der Waals surface area contributed by atoms with E-state index < -0.39 is 18.1 Å². The molecular weight excluding hydrogens is 520 g/mol. The van der Waals surface area contributed by atoms with Gasteiger partial charge in [-0.1, -0.05) is 139 Å². The first kappa shape index (κ1) is 18.0. The molecule has 9 aromatic rings. The van der Waals surface area contributed by atoms with Crippen molar-refractivity contribution in [2.24, 2.45) is 0 Å². The van der Waals surface area contributed by atoms with E-state index in [0.717, 1.165) is 65.7 Å². The average Bonchev–Trinajstić information content (AvgIpc) is 3.53. The first-order chi connectivity index (χ1) is 24.3. The van der Waals surface area contributed by atoms with E-state index in [2.05, 4.69) is 36.4 Å². The molecule has 200 valence electrons. The largest absolute Gasteiger partial charge is 0.455 e. The Bertz CT molecular complexity index is 2840. The SMILES string of the molecule is [2H]c1c([2H])c([2H])c2c([2H])c(-c3c4ccccc4c(-c4ccc5oc6c(-c7ccccc7)cccc6c5c4)c4ccccc34)c([2H])c([2H])c2c1[2H]. The highest BCUT2D eigenvalue weighted by Crippen LogP contribution is 2.45. The summed E-state index contributed by atoms with van der Waals surface area (Å²) in [7, 11) is 0. The van der Waals surface area contributed by atoms with Crippen LogP contribution in [-0.4, -0.2) is 0 Å². The number of para-hydroxylation sites is 1. The summed E-state index contributed by atoms with van der Waals surface area (Å²) >= 11 is 0. The third kappa shape index (κ3) is 3.72. The van der Waals surface area contributed by atoms with Gasteiger partial charge in [0.1, 0.15) is 11.2 Å². The van der Waals surface area contributed by atoms with Crippen LogP contribution in [0, 0.1) is 0 Å². The third-order valence-electron chi connectivity index (χ3n) is 8.30. The van der Waals surface area contributed by atoms with Crippen molar-refractivity contribution in [3.8, 4) is 33.4 Å². The fourth-order valence-electron chi connectivity index (χ4n) is 6.41. The Morgan fingerprint density at radius 3 is 1.79 bits per heavy atom. The van der Waals surface area contributed by atoms with Gasteiger partial charge in [0.15, 0.2) is 0 Å². The van der Waals surface area contributed by atoms with Crippen molar-refractivity contribution in [3.05, 3.63) is 158 Å². The van der Waals surface area contributed by atoms with E-state index in [1.54, 1.807) is 0 Å². The number of furan rings is 1. The summed E-state index contributed by atoms with van der Waals surface area (Å²) in [6, 6.07) is 35.7. The molecule has 0 atom stereocenters. The van der Waals surface area contributed by atoms with Crippen molar-refractivity contribution in [1.82, 2.24) is 0 Å². The molecule has 0 radical (unpaired) electrons. The Kier molecular flexibility index (Phi) is 3.95. The van der Waals surface area contributed by atoms with Gasteiger partial charge < -0.3 is 4.42 Å². The topological polar surface area (TPSA) is 13.1 Å². The quantitative estimate of drug-likeness (QED) is 0.198. The summed E-state index contributed by atoms with van der Waals surface area (Å²) in [5.74, 6) is 0. The van der Waals surface area contributed by atoms with Gasteiger partial charge in [0.25, 0.3) is 0 Å². The molecule has 0 aliphatic rings. The molecule has 0 fully saturated rings. The maximum atomic E-state index is 9.35. The molecule has 0 aliphatic carbocycles. The molecule has 0 saturated heterocycles. The maximum absolute atomic E-state index is 9.35. The molecular formula is C42H26O. The smallest absolute Gasteiger partial charge is 0.143 e. The summed E-state index contributed by atoms with van der Waals surface area (Å²) in [6.45, 7) is 0. The minimum atomic E-state index is -0.485. The molecule has 0 unspecified atom stereocenters. The van der Waals surface area contributed by atoms with Gasteiger partial charge in [-0.2, -0.15) is 0 Å². The predicted octanol–water partition coefficient (Wildman–Crippen LogP) is 12.0. The maximum Gasteiger partial charge on any atom is 0.143 e. The number of fused-ring (bicyclic) bond motifs is 6. The van der Waals surface area contributed by atoms with Crippen molar-refractivity contribution in [1.29, 1.82) is 0 Å². The summed E-state index contributed by atoms with van der Waals surface area (Å²) < 4.78 is 67.6. The summed E-state index contributed by atoms with van der Waals surface area (Å²) in [5.41, 5.74) is 6.38. The van der Waals surface area contributed by atoms with E-state index in [4.69, 9.17) is 11.3 Å². The zero-order valence-electron chi connectivity index (χ0n) is 29.9. The molecule has 0 aliphatic heterocycles. The highest BCUT2D eigenvalue weighted by molar-refractivity contribution is 6.22. The summed E-state index contributed by atoms with van der Waals surface area (Å²) in [5, 5.41) is 5.13. The minimum Gasteiger partial charge on any atom is -0.455 e. The van der Waals surface area contributed by atoms with Crippen molar-refractivity contribution in [2.75, 3.05) is 0 Å². The van der Waals surface area contributed by atoms with E-state index in [-0.39, 0.29) is 40.5 Å². The number of benzene rings is 8. The number of rotatable bonds is 3.